The van der Waals surface area contributed by atoms with Crippen LogP contribution in [-0.4, -0.2) is 53.5 Å². The molecule has 1 saturated heterocycles. The summed E-state index contributed by atoms with van der Waals surface area (Å²) in [5.74, 6) is -0.370. The van der Waals surface area contributed by atoms with Crippen LogP contribution in [0.3, 0.4) is 0 Å². The molecule has 2 aliphatic rings. The monoisotopic (exact) mass is 367 g/mol. The normalized spacial score (nSPS) is 23.3. The minimum absolute atomic E-state index is 0.0463. The van der Waals surface area contributed by atoms with Crippen molar-refractivity contribution in [2.75, 3.05) is 32.5 Å². The lowest BCUT2D eigenvalue weighted by Crippen LogP contribution is -2.50. The Balaban J connectivity index is 1.56. The molecule has 1 fully saturated rings. The third kappa shape index (κ3) is 3.70. The molecule has 7 heteroatoms. The topological polar surface area (TPSA) is 67.0 Å². The van der Waals surface area contributed by atoms with Gasteiger partial charge in [-0.2, -0.15) is 0 Å². The fraction of sp³-hybridized carbons (Fsp3) is 0.300. The van der Waals surface area contributed by atoms with Crippen LogP contribution in [0.1, 0.15) is 17.2 Å². The molecular formula is C20H22FN5O. The highest BCUT2D eigenvalue weighted by Gasteiger charge is 2.30. The van der Waals surface area contributed by atoms with E-state index in [9.17, 15) is 4.39 Å². The standard InChI is InChI=1S/C20H22FN5O/c1-25-9-7-18(16-6-8-23-12-17(16)21)24-20(25)26-10-11-27-19(13-26)14-2-4-15(22)5-3-14/h2-9,12,19-20H,10-11,13,22H2,1H3/t19-,20?/m1/s1. The molecule has 3 heterocycles. The molecule has 1 aromatic carbocycles. The van der Waals surface area contributed by atoms with Crippen molar-refractivity contribution in [3.63, 3.8) is 0 Å². The number of anilines is 1. The van der Waals surface area contributed by atoms with Gasteiger partial charge in [0.05, 0.1) is 24.6 Å². The maximum Gasteiger partial charge on any atom is 0.178 e. The van der Waals surface area contributed by atoms with Gasteiger partial charge in [-0.15, -0.1) is 0 Å². The van der Waals surface area contributed by atoms with E-state index >= 15 is 0 Å². The predicted molar refractivity (Wildman–Crippen MR) is 103 cm³/mol. The molecule has 0 aliphatic carbocycles. The van der Waals surface area contributed by atoms with Gasteiger partial charge in [0.15, 0.2) is 12.1 Å². The number of pyridine rings is 1. The van der Waals surface area contributed by atoms with Crippen LogP contribution in [0.15, 0.2) is 60.0 Å². The van der Waals surface area contributed by atoms with Crippen molar-refractivity contribution in [1.29, 1.82) is 0 Å². The number of aliphatic imine (C=N–C) groups is 1. The van der Waals surface area contributed by atoms with Crippen LogP contribution in [0, 0.1) is 5.82 Å². The second kappa shape index (κ2) is 7.46. The quantitative estimate of drug-likeness (QED) is 0.844. The number of rotatable bonds is 3. The molecule has 1 aromatic heterocycles. The van der Waals surface area contributed by atoms with Crippen LogP contribution in [0.4, 0.5) is 10.1 Å². The zero-order chi connectivity index (χ0) is 18.8. The van der Waals surface area contributed by atoms with E-state index in [0.717, 1.165) is 17.8 Å². The van der Waals surface area contributed by atoms with Gasteiger partial charge in [-0.05, 0) is 29.8 Å². The van der Waals surface area contributed by atoms with Crippen molar-refractivity contribution < 1.29 is 9.13 Å². The zero-order valence-electron chi connectivity index (χ0n) is 15.1. The number of nitrogens with zero attached hydrogens (tertiary/aromatic N) is 4. The summed E-state index contributed by atoms with van der Waals surface area (Å²) in [5, 5.41) is 0. The summed E-state index contributed by atoms with van der Waals surface area (Å²) in [4.78, 5) is 12.9. The smallest absolute Gasteiger partial charge is 0.178 e. The molecule has 27 heavy (non-hydrogen) atoms. The summed E-state index contributed by atoms with van der Waals surface area (Å²) in [6, 6.07) is 9.41. The lowest BCUT2D eigenvalue weighted by Gasteiger charge is -2.41. The Hall–Kier alpha value is -2.77. The molecule has 0 spiro atoms. The highest BCUT2D eigenvalue weighted by molar-refractivity contribution is 6.09. The van der Waals surface area contributed by atoms with Crippen LogP contribution in [0.2, 0.25) is 0 Å². The summed E-state index contributed by atoms with van der Waals surface area (Å²) in [6.07, 6.45) is 6.29. The Kier molecular flexibility index (Phi) is 4.87. The number of aromatic nitrogens is 1. The fourth-order valence-electron chi connectivity index (χ4n) is 3.40. The number of ether oxygens (including phenoxy) is 1. The zero-order valence-corrected chi connectivity index (χ0v) is 15.1. The maximum atomic E-state index is 14.1. The van der Waals surface area contributed by atoms with E-state index in [1.807, 2.05) is 48.5 Å². The molecular weight excluding hydrogens is 345 g/mol. The van der Waals surface area contributed by atoms with E-state index in [2.05, 4.69) is 9.88 Å². The van der Waals surface area contributed by atoms with E-state index in [1.54, 1.807) is 12.3 Å². The van der Waals surface area contributed by atoms with Gasteiger partial charge in [0.25, 0.3) is 0 Å². The van der Waals surface area contributed by atoms with Gasteiger partial charge in [-0.3, -0.25) is 9.88 Å². The average molecular weight is 367 g/mol. The summed E-state index contributed by atoms with van der Waals surface area (Å²) in [5.41, 5.74) is 8.69. The lowest BCUT2D eigenvalue weighted by molar-refractivity contribution is -0.0633. The molecule has 0 radical (unpaired) electrons. The Labute approximate surface area is 157 Å². The molecule has 140 valence electrons. The van der Waals surface area contributed by atoms with E-state index in [4.69, 9.17) is 15.5 Å². The van der Waals surface area contributed by atoms with Gasteiger partial charge in [-0.1, -0.05) is 12.1 Å². The Morgan fingerprint density at radius 1 is 1.22 bits per heavy atom. The Bertz CT molecular complexity index is 867. The number of benzene rings is 1. The van der Waals surface area contributed by atoms with Crippen molar-refractivity contribution in [3.05, 3.63) is 71.9 Å². The van der Waals surface area contributed by atoms with Crippen LogP contribution < -0.4 is 5.73 Å². The number of allylic oxidation sites excluding steroid dienone is 1. The first-order chi connectivity index (χ1) is 13.1. The minimum atomic E-state index is -0.370. The number of morpholine rings is 1. The van der Waals surface area contributed by atoms with E-state index in [-0.39, 0.29) is 18.2 Å². The molecule has 2 N–H and O–H groups in total. The van der Waals surface area contributed by atoms with E-state index < -0.39 is 0 Å². The van der Waals surface area contributed by atoms with Crippen molar-refractivity contribution >= 4 is 11.4 Å². The molecule has 0 saturated carbocycles. The SMILES string of the molecule is CN1C=CC(c2ccncc2F)=NC1N1CCO[C@@H](c2ccc(N)cc2)C1. The molecule has 2 aliphatic heterocycles. The summed E-state index contributed by atoms with van der Waals surface area (Å²) < 4.78 is 20.1. The van der Waals surface area contributed by atoms with Crippen molar-refractivity contribution in [1.82, 2.24) is 14.8 Å². The first-order valence-corrected chi connectivity index (χ1v) is 8.91. The van der Waals surface area contributed by atoms with Crippen LogP contribution in [0.5, 0.6) is 0 Å². The number of halogens is 1. The third-order valence-corrected chi connectivity index (χ3v) is 4.87. The highest BCUT2D eigenvalue weighted by Crippen LogP contribution is 2.26. The molecule has 1 unspecified atom stereocenters. The van der Waals surface area contributed by atoms with Gasteiger partial charge in [0.1, 0.15) is 0 Å². The summed E-state index contributed by atoms with van der Waals surface area (Å²) >= 11 is 0. The van der Waals surface area contributed by atoms with Crippen LogP contribution in [0.25, 0.3) is 0 Å². The second-order valence-electron chi connectivity index (χ2n) is 6.72. The van der Waals surface area contributed by atoms with Gasteiger partial charge < -0.3 is 15.4 Å². The van der Waals surface area contributed by atoms with Gasteiger partial charge in [0.2, 0.25) is 0 Å². The van der Waals surface area contributed by atoms with Gasteiger partial charge >= 0.3 is 0 Å². The van der Waals surface area contributed by atoms with Crippen molar-refractivity contribution in [3.8, 4) is 0 Å². The first-order valence-electron chi connectivity index (χ1n) is 8.91. The molecule has 0 amide bonds. The van der Waals surface area contributed by atoms with Crippen LogP contribution >= 0.6 is 0 Å². The second-order valence-corrected chi connectivity index (χ2v) is 6.72. The number of nitrogens with two attached hydrogens (primary N) is 1. The van der Waals surface area contributed by atoms with Gasteiger partial charge in [0, 0.05) is 43.8 Å². The molecule has 0 bridgehead atoms. The van der Waals surface area contributed by atoms with E-state index in [0.29, 0.717) is 24.4 Å². The van der Waals surface area contributed by atoms with Gasteiger partial charge in [-0.25, -0.2) is 9.38 Å². The Morgan fingerprint density at radius 2 is 2.04 bits per heavy atom. The average Bonchev–Trinajstić information content (AvgIpc) is 2.70. The first kappa shape index (κ1) is 17.6. The molecule has 4 rings (SSSR count). The third-order valence-electron chi connectivity index (χ3n) is 4.87. The molecule has 6 nitrogen and oxygen atoms in total. The largest absolute Gasteiger partial charge is 0.399 e. The van der Waals surface area contributed by atoms with Crippen molar-refractivity contribution in [2.45, 2.75) is 12.4 Å². The van der Waals surface area contributed by atoms with Crippen molar-refractivity contribution in [2.24, 2.45) is 4.99 Å². The number of hydrogen-bond acceptors (Lipinski definition) is 6. The number of nitrogen functional groups attached to an aromatic ring is 1. The van der Waals surface area contributed by atoms with E-state index in [1.165, 1.54) is 6.20 Å². The lowest BCUT2D eigenvalue weighted by atomic mass is 10.1. The highest BCUT2D eigenvalue weighted by atomic mass is 19.1. The minimum Gasteiger partial charge on any atom is -0.399 e. The predicted octanol–water partition coefficient (Wildman–Crippen LogP) is 2.41. The summed E-state index contributed by atoms with van der Waals surface area (Å²) in [6.45, 7) is 2.06. The molecule has 2 atom stereocenters. The van der Waals surface area contributed by atoms with Crippen LogP contribution in [-0.2, 0) is 4.74 Å². The number of hydrogen-bond donors (Lipinski definition) is 1. The Morgan fingerprint density at radius 3 is 2.81 bits per heavy atom. The fourth-order valence-corrected chi connectivity index (χ4v) is 3.40. The molecule has 2 aromatic rings. The maximum absolute atomic E-state index is 14.1. The summed E-state index contributed by atoms with van der Waals surface area (Å²) in [7, 11) is 1.97.